The molecule has 1 saturated heterocycles. The molecule has 0 spiro atoms. The molecule has 1 aromatic carbocycles. The summed E-state index contributed by atoms with van der Waals surface area (Å²) in [6.07, 6.45) is -4.37. The molecule has 0 amide bonds. The van der Waals surface area contributed by atoms with E-state index in [-0.39, 0.29) is 6.42 Å². The van der Waals surface area contributed by atoms with Crippen LogP contribution in [0.25, 0.3) is 0 Å². The first-order chi connectivity index (χ1) is 8.86. The summed E-state index contributed by atoms with van der Waals surface area (Å²) in [6.45, 7) is 0. The van der Waals surface area contributed by atoms with Gasteiger partial charge < -0.3 is 5.11 Å². The smallest absolute Gasteiger partial charge is 0.416 e. The molecular weight excluding hydrogens is 263 g/mol. The number of guanidine groups is 1. The molecule has 8 heteroatoms. The second-order valence-electron chi connectivity index (χ2n) is 3.98. The van der Waals surface area contributed by atoms with Crippen molar-refractivity contribution < 1.29 is 23.1 Å². The maximum absolute atomic E-state index is 12.4. The SMILES string of the molecule is O=C(O)[C@H](Cc1ccc(C(F)(F)F)cc1)N=C1NN1. The molecule has 1 fully saturated rings. The van der Waals surface area contributed by atoms with Gasteiger partial charge >= 0.3 is 12.1 Å². The number of nitrogens with one attached hydrogen (secondary N) is 2. The van der Waals surface area contributed by atoms with Gasteiger partial charge in [0.05, 0.1) is 5.56 Å². The summed E-state index contributed by atoms with van der Waals surface area (Å²) in [4.78, 5) is 14.8. The lowest BCUT2D eigenvalue weighted by Gasteiger charge is -2.09. The van der Waals surface area contributed by atoms with Crippen LogP contribution in [-0.4, -0.2) is 23.1 Å². The molecule has 5 nitrogen and oxygen atoms in total. The Balaban J connectivity index is 2.09. The second-order valence-corrected chi connectivity index (χ2v) is 3.98. The minimum absolute atomic E-state index is 0.0281. The molecule has 3 N–H and O–H groups in total. The quantitative estimate of drug-likeness (QED) is 0.718. The van der Waals surface area contributed by atoms with Crippen molar-refractivity contribution in [3.05, 3.63) is 35.4 Å². The Bertz CT molecular complexity index is 505. The lowest BCUT2D eigenvalue weighted by atomic mass is 10.0. The maximum Gasteiger partial charge on any atom is 0.416 e. The molecule has 102 valence electrons. The molecule has 0 bridgehead atoms. The molecule has 1 aromatic rings. The van der Waals surface area contributed by atoms with Crippen molar-refractivity contribution in [2.45, 2.75) is 18.6 Å². The third-order valence-corrected chi connectivity index (χ3v) is 2.52. The molecular formula is C11H10F3N3O2. The van der Waals surface area contributed by atoms with Gasteiger partial charge in [-0.15, -0.1) is 0 Å². The predicted octanol–water partition coefficient (Wildman–Crippen LogP) is 1.16. The number of hydrogen-bond acceptors (Lipinski definition) is 2. The van der Waals surface area contributed by atoms with E-state index in [9.17, 15) is 18.0 Å². The van der Waals surface area contributed by atoms with E-state index in [1.165, 1.54) is 12.1 Å². The summed E-state index contributed by atoms with van der Waals surface area (Å²) < 4.78 is 37.1. The van der Waals surface area contributed by atoms with E-state index in [0.29, 0.717) is 11.5 Å². The van der Waals surface area contributed by atoms with E-state index < -0.39 is 23.8 Å². The van der Waals surface area contributed by atoms with Crippen LogP contribution in [0.15, 0.2) is 29.3 Å². The largest absolute Gasteiger partial charge is 0.480 e. The number of hydrogen-bond donors (Lipinski definition) is 3. The highest BCUT2D eigenvalue weighted by Gasteiger charge is 2.30. The number of carboxylic acid groups (broad SMARTS) is 1. The molecule has 0 unspecified atom stereocenters. The van der Waals surface area contributed by atoms with Crippen LogP contribution >= 0.6 is 0 Å². The van der Waals surface area contributed by atoms with E-state index in [2.05, 4.69) is 15.8 Å². The van der Waals surface area contributed by atoms with Crippen molar-refractivity contribution in [1.82, 2.24) is 10.9 Å². The zero-order valence-electron chi connectivity index (χ0n) is 9.53. The van der Waals surface area contributed by atoms with E-state index in [1.807, 2.05) is 0 Å². The first-order valence-corrected chi connectivity index (χ1v) is 5.35. The van der Waals surface area contributed by atoms with Gasteiger partial charge in [0, 0.05) is 6.42 Å². The Morgan fingerprint density at radius 3 is 2.26 bits per heavy atom. The van der Waals surface area contributed by atoms with Crippen LogP contribution in [0.4, 0.5) is 13.2 Å². The molecule has 19 heavy (non-hydrogen) atoms. The Hall–Kier alpha value is -2.25. The van der Waals surface area contributed by atoms with Crippen molar-refractivity contribution in [1.29, 1.82) is 0 Å². The summed E-state index contributed by atoms with van der Waals surface area (Å²) in [5, 5.41) is 8.95. The number of aliphatic imine (C=N–C) groups is 1. The fraction of sp³-hybridized carbons (Fsp3) is 0.273. The number of hydrazine groups is 1. The minimum atomic E-state index is -4.40. The summed E-state index contributed by atoms with van der Waals surface area (Å²) in [5.74, 6) is -0.776. The Labute approximate surface area is 106 Å². The van der Waals surface area contributed by atoms with Crippen LogP contribution in [-0.2, 0) is 17.4 Å². The van der Waals surface area contributed by atoms with Gasteiger partial charge in [0.25, 0.3) is 0 Å². The highest BCUT2D eigenvalue weighted by Crippen LogP contribution is 2.29. The van der Waals surface area contributed by atoms with Gasteiger partial charge in [0.2, 0.25) is 5.96 Å². The number of benzene rings is 1. The van der Waals surface area contributed by atoms with Crippen molar-refractivity contribution in [3.8, 4) is 0 Å². The molecule has 1 heterocycles. The summed E-state index contributed by atoms with van der Waals surface area (Å²) in [6, 6.07) is 3.33. The molecule has 2 rings (SSSR count). The summed E-state index contributed by atoms with van der Waals surface area (Å²) >= 11 is 0. The number of carbonyl (C=O) groups is 1. The monoisotopic (exact) mass is 273 g/mol. The lowest BCUT2D eigenvalue weighted by molar-refractivity contribution is -0.139. The normalized spacial score (nSPS) is 15.2. The van der Waals surface area contributed by atoms with Gasteiger partial charge in [-0.25, -0.2) is 9.79 Å². The van der Waals surface area contributed by atoms with Crippen LogP contribution in [0.3, 0.4) is 0 Å². The topological polar surface area (TPSA) is 93.5 Å². The number of aliphatic carboxylic acids is 1. The molecule has 0 aliphatic carbocycles. The van der Waals surface area contributed by atoms with Crippen molar-refractivity contribution in [2.75, 3.05) is 0 Å². The zero-order chi connectivity index (χ0) is 14.0. The van der Waals surface area contributed by atoms with Crippen LogP contribution in [0.2, 0.25) is 0 Å². The molecule has 0 saturated carbocycles. The highest BCUT2D eigenvalue weighted by molar-refractivity contribution is 5.92. The minimum Gasteiger partial charge on any atom is -0.480 e. The van der Waals surface area contributed by atoms with E-state index in [1.54, 1.807) is 0 Å². The van der Waals surface area contributed by atoms with Crippen LogP contribution in [0, 0.1) is 0 Å². The van der Waals surface area contributed by atoms with Gasteiger partial charge in [0.15, 0.2) is 6.04 Å². The zero-order valence-corrected chi connectivity index (χ0v) is 9.53. The van der Waals surface area contributed by atoms with Crippen LogP contribution < -0.4 is 10.9 Å². The third kappa shape index (κ3) is 3.60. The van der Waals surface area contributed by atoms with Gasteiger partial charge in [-0.1, -0.05) is 12.1 Å². The Kier molecular flexibility index (Phi) is 3.32. The molecule has 1 aliphatic heterocycles. The van der Waals surface area contributed by atoms with E-state index >= 15 is 0 Å². The third-order valence-electron chi connectivity index (χ3n) is 2.52. The number of rotatable bonds is 4. The molecule has 0 radical (unpaired) electrons. The predicted molar refractivity (Wildman–Crippen MR) is 60.3 cm³/mol. The van der Waals surface area contributed by atoms with Gasteiger partial charge in [-0.2, -0.15) is 13.2 Å². The maximum atomic E-state index is 12.4. The van der Waals surface area contributed by atoms with Gasteiger partial charge in [-0.3, -0.25) is 10.9 Å². The Morgan fingerprint density at radius 1 is 1.26 bits per heavy atom. The second kappa shape index (κ2) is 4.79. The highest BCUT2D eigenvalue weighted by atomic mass is 19.4. The Morgan fingerprint density at radius 2 is 1.84 bits per heavy atom. The first-order valence-electron chi connectivity index (χ1n) is 5.35. The average Bonchev–Trinajstić information content (AvgIpc) is 3.11. The van der Waals surface area contributed by atoms with Crippen molar-refractivity contribution >= 4 is 11.9 Å². The van der Waals surface area contributed by atoms with Gasteiger partial charge in [-0.05, 0) is 17.7 Å². The molecule has 1 atom stereocenters. The van der Waals surface area contributed by atoms with Crippen LogP contribution in [0.5, 0.6) is 0 Å². The molecule has 0 aromatic heterocycles. The van der Waals surface area contributed by atoms with E-state index in [0.717, 1.165) is 12.1 Å². The van der Waals surface area contributed by atoms with E-state index in [4.69, 9.17) is 5.11 Å². The fourth-order valence-corrected chi connectivity index (χ4v) is 1.49. The number of nitrogens with zero attached hydrogens (tertiary/aromatic N) is 1. The summed E-state index contributed by atoms with van der Waals surface area (Å²) in [7, 11) is 0. The standard InChI is InChI=1S/C11H10F3N3O2/c12-11(13,14)7-3-1-6(2-4-7)5-8(9(18)19)15-10-16-17-10/h1-4,8H,5H2,(H,18,19)(H2,15,16,17)/t8-/m0/s1. The van der Waals surface area contributed by atoms with Crippen molar-refractivity contribution in [2.24, 2.45) is 4.99 Å². The molecule has 1 aliphatic rings. The van der Waals surface area contributed by atoms with Gasteiger partial charge in [0.1, 0.15) is 0 Å². The first kappa shape index (κ1) is 13.2. The number of alkyl halides is 3. The lowest BCUT2D eigenvalue weighted by Crippen LogP contribution is -2.21. The van der Waals surface area contributed by atoms with Crippen LogP contribution in [0.1, 0.15) is 11.1 Å². The number of carboxylic acids is 1. The summed E-state index contributed by atoms with van der Waals surface area (Å²) in [5.41, 5.74) is 4.76. The number of halogens is 3. The fourth-order valence-electron chi connectivity index (χ4n) is 1.49. The average molecular weight is 273 g/mol. The van der Waals surface area contributed by atoms with Crippen molar-refractivity contribution in [3.63, 3.8) is 0 Å².